The molecule has 33 heavy (non-hydrogen) atoms. The summed E-state index contributed by atoms with van der Waals surface area (Å²) in [6.45, 7) is 7.53. The molecule has 2 aromatic rings. The summed E-state index contributed by atoms with van der Waals surface area (Å²) in [4.78, 5) is 44.9. The van der Waals surface area contributed by atoms with Gasteiger partial charge in [-0.05, 0) is 41.8 Å². The average Bonchev–Trinajstić information content (AvgIpc) is 3.62. The van der Waals surface area contributed by atoms with Crippen LogP contribution >= 0.6 is 0 Å². The molecule has 3 rings (SSSR count). The Morgan fingerprint density at radius 3 is 1.33 bits per heavy atom. The molecule has 0 bridgehead atoms. The zero-order chi connectivity index (χ0) is 24.1. The first-order valence-corrected chi connectivity index (χ1v) is 9.66. The minimum absolute atomic E-state index is 0.0627. The van der Waals surface area contributed by atoms with Crippen LogP contribution in [0.5, 0.6) is 0 Å². The Labute approximate surface area is 187 Å². The number of hydrogen-bond donors (Lipinski definition) is 4. The van der Waals surface area contributed by atoms with Crippen molar-refractivity contribution in [3.05, 3.63) is 93.0 Å². The second kappa shape index (κ2) is 9.60. The summed E-state index contributed by atoms with van der Waals surface area (Å²) in [5.74, 6) is -1.85. The fraction of sp³-hybridized carbons (Fsp3) is 0.143. The van der Waals surface area contributed by atoms with Gasteiger partial charge in [0.1, 0.15) is 0 Å². The van der Waals surface area contributed by atoms with E-state index in [-0.39, 0.29) is 11.4 Å². The zero-order valence-corrected chi connectivity index (χ0v) is 17.2. The molecule has 2 aromatic carbocycles. The molecular weight excluding hydrogens is 432 g/mol. The highest BCUT2D eigenvalue weighted by Gasteiger charge is 2.48. The summed E-state index contributed by atoms with van der Waals surface area (Å²) in [5.41, 5.74) is 11.9. The lowest BCUT2D eigenvalue weighted by Gasteiger charge is -2.12. The van der Waals surface area contributed by atoms with Crippen molar-refractivity contribution in [3.63, 3.8) is 0 Å². The van der Waals surface area contributed by atoms with Crippen LogP contribution in [0.3, 0.4) is 0 Å². The first-order chi connectivity index (χ1) is 15.7. The van der Waals surface area contributed by atoms with E-state index >= 15 is 0 Å². The van der Waals surface area contributed by atoms with Crippen molar-refractivity contribution in [2.45, 2.75) is 6.42 Å². The van der Waals surface area contributed by atoms with E-state index in [0.29, 0.717) is 28.9 Å². The summed E-state index contributed by atoms with van der Waals surface area (Å²) < 4.78 is 0. The van der Waals surface area contributed by atoms with E-state index in [4.69, 9.17) is 0 Å². The van der Waals surface area contributed by atoms with Gasteiger partial charge in [-0.3, -0.25) is 51.5 Å². The molecule has 170 valence electrons. The number of hydrogen-bond acceptors (Lipinski definition) is 8. The van der Waals surface area contributed by atoms with Gasteiger partial charge in [-0.15, -0.1) is 0 Å². The van der Waals surface area contributed by atoms with E-state index in [0.717, 1.165) is 0 Å². The van der Waals surface area contributed by atoms with Crippen molar-refractivity contribution in [2.75, 3.05) is 0 Å². The number of non-ortho nitro benzene ring substituents is 2. The first-order valence-electron chi connectivity index (χ1n) is 9.66. The molecule has 0 unspecified atom stereocenters. The normalized spacial score (nSPS) is 16.1. The fourth-order valence-corrected chi connectivity index (χ4v) is 2.95. The van der Waals surface area contributed by atoms with Crippen LogP contribution < -0.4 is 21.7 Å². The Kier molecular flexibility index (Phi) is 6.67. The van der Waals surface area contributed by atoms with Gasteiger partial charge in [-0.25, -0.2) is 0 Å². The highest BCUT2D eigenvalue weighted by molar-refractivity contribution is 5.92. The summed E-state index contributed by atoms with van der Waals surface area (Å²) in [7, 11) is 0. The average molecular weight is 452 g/mol. The lowest BCUT2D eigenvalue weighted by molar-refractivity contribution is -0.385. The predicted molar refractivity (Wildman–Crippen MR) is 118 cm³/mol. The molecule has 2 atom stereocenters. The van der Waals surface area contributed by atoms with Crippen molar-refractivity contribution in [1.82, 2.24) is 21.7 Å². The van der Waals surface area contributed by atoms with E-state index in [1.807, 2.05) is 0 Å². The third-order valence-electron chi connectivity index (χ3n) is 4.99. The van der Waals surface area contributed by atoms with Crippen molar-refractivity contribution < 1.29 is 19.4 Å². The number of carbonyl (C=O) groups excluding carboxylic acids is 2. The standard InChI is InChI=1S/C21H20N6O6/c1-12(14-3-7-16(8-4-14)26(30)31)22-24-20(28)18-11-19(18)21(29)25-23-13(2)15-5-9-17(10-6-15)27(32)33/h3-10,18-19,22-23H,1-2,11H2,(H,24,28)(H,25,29)/t18-,19-/m1/s1. The van der Waals surface area contributed by atoms with E-state index in [2.05, 4.69) is 34.9 Å². The van der Waals surface area contributed by atoms with Crippen molar-refractivity contribution in [1.29, 1.82) is 0 Å². The summed E-state index contributed by atoms with van der Waals surface area (Å²) in [6.07, 6.45) is 0.356. The predicted octanol–water partition coefficient (Wildman–Crippen LogP) is 2.02. The van der Waals surface area contributed by atoms with Crippen molar-refractivity contribution >= 4 is 34.6 Å². The number of nitrogens with one attached hydrogen (secondary N) is 4. The Bertz CT molecular complexity index is 1040. The molecule has 1 fully saturated rings. The summed E-state index contributed by atoms with van der Waals surface area (Å²) in [5, 5.41) is 21.4. The maximum atomic E-state index is 12.3. The number of benzene rings is 2. The van der Waals surface area contributed by atoms with Crippen LogP contribution in [-0.4, -0.2) is 21.7 Å². The molecular formula is C21H20N6O6. The first kappa shape index (κ1) is 22.9. The second-order valence-corrected chi connectivity index (χ2v) is 7.24. The van der Waals surface area contributed by atoms with Crippen molar-refractivity contribution in [3.8, 4) is 0 Å². The molecule has 0 aromatic heterocycles. The molecule has 2 amide bonds. The molecule has 1 aliphatic carbocycles. The zero-order valence-electron chi connectivity index (χ0n) is 17.2. The Hall–Kier alpha value is -4.74. The van der Waals surface area contributed by atoms with Gasteiger partial charge in [0.25, 0.3) is 11.4 Å². The summed E-state index contributed by atoms with van der Waals surface area (Å²) >= 11 is 0. The molecule has 0 heterocycles. The topological polar surface area (TPSA) is 169 Å². The maximum absolute atomic E-state index is 12.3. The smallest absolute Gasteiger partial charge is 0.269 e. The minimum Gasteiger partial charge on any atom is -0.299 e. The number of amides is 2. The number of carbonyl (C=O) groups is 2. The van der Waals surface area contributed by atoms with Gasteiger partial charge in [0.05, 0.1) is 33.1 Å². The molecule has 0 radical (unpaired) electrons. The van der Waals surface area contributed by atoms with E-state index < -0.39 is 33.5 Å². The third-order valence-corrected chi connectivity index (χ3v) is 4.99. The maximum Gasteiger partial charge on any atom is 0.269 e. The molecule has 0 spiro atoms. The monoisotopic (exact) mass is 452 g/mol. The van der Waals surface area contributed by atoms with E-state index in [1.165, 1.54) is 48.5 Å². The second-order valence-electron chi connectivity index (χ2n) is 7.24. The Balaban J connectivity index is 1.42. The van der Waals surface area contributed by atoms with Gasteiger partial charge < -0.3 is 0 Å². The summed E-state index contributed by atoms with van der Waals surface area (Å²) in [6, 6.07) is 11.3. The van der Waals surface area contributed by atoms with E-state index in [1.54, 1.807) is 0 Å². The number of rotatable bonds is 10. The van der Waals surface area contributed by atoms with Crippen LogP contribution in [0.1, 0.15) is 17.5 Å². The highest BCUT2D eigenvalue weighted by Crippen LogP contribution is 2.38. The Morgan fingerprint density at radius 2 is 1.03 bits per heavy atom. The van der Waals surface area contributed by atoms with E-state index in [9.17, 15) is 29.8 Å². The minimum atomic E-state index is -0.531. The van der Waals surface area contributed by atoms with Crippen LogP contribution in [0, 0.1) is 32.1 Å². The quantitative estimate of drug-likeness (QED) is 0.313. The van der Waals surface area contributed by atoms with Crippen molar-refractivity contribution in [2.24, 2.45) is 11.8 Å². The number of nitro benzene ring substituents is 2. The van der Waals surface area contributed by atoms with Gasteiger partial charge in [0.2, 0.25) is 11.8 Å². The number of nitrogens with zero attached hydrogens (tertiary/aromatic N) is 2. The highest BCUT2D eigenvalue weighted by atomic mass is 16.6. The molecule has 1 saturated carbocycles. The van der Waals surface area contributed by atoms with Crippen LogP contribution in [-0.2, 0) is 9.59 Å². The molecule has 0 saturated heterocycles. The lowest BCUT2D eigenvalue weighted by atomic mass is 10.1. The molecule has 4 N–H and O–H groups in total. The van der Waals surface area contributed by atoms with Gasteiger partial charge in [-0.2, -0.15) is 0 Å². The molecule has 12 nitrogen and oxygen atoms in total. The van der Waals surface area contributed by atoms with Gasteiger partial charge >= 0.3 is 0 Å². The van der Waals surface area contributed by atoms with Gasteiger partial charge in [0.15, 0.2) is 0 Å². The largest absolute Gasteiger partial charge is 0.299 e. The number of hydrazine groups is 2. The molecule has 0 aliphatic heterocycles. The van der Waals surface area contributed by atoms with Gasteiger partial charge in [-0.1, -0.05) is 13.2 Å². The van der Waals surface area contributed by atoms with Gasteiger partial charge in [0, 0.05) is 24.3 Å². The molecule has 1 aliphatic rings. The molecule has 12 heteroatoms. The van der Waals surface area contributed by atoms with Crippen LogP contribution in [0.25, 0.3) is 11.4 Å². The van der Waals surface area contributed by atoms with Crippen LogP contribution in [0.4, 0.5) is 11.4 Å². The third kappa shape index (κ3) is 5.70. The SMILES string of the molecule is C=C(NNC(=O)[C@@H]1C[C@H]1C(=O)NNC(=C)c1ccc([N+](=O)[O-])cc1)c1ccc([N+](=O)[O-])cc1. The fourth-order valence-electron chi connectivity index (χ4n) is 2.95. The Morgan fingerprint density at radius 1 is 0.697 bits per heavy atom. The number of nitro groups is 2. The van der Waals surface area contributed by atoms with Crippen LogP contribution in [0.15, 0.2) is 61.7 Å². The lowest BCUT2D eigenvalue weighted by Crippen LogP contribution is -2.40. The van der Waals surface area contributed by atoms with Crippen LogP contribution in [0.2, 0.25) is 0 Å².